The molecule has 2 amide bonds. The Hall–Kier alpha value is -3.15. The zero-order valence-corrected chi connectivity index (χ0v) is 15.5. The van der Waals surface area contributed by atoms with E-state index in [1.165, 1.54) is 19.1 Å². The van der Waals surface area contributed by atoms with Gasteiger partial charge in [-0.3, -0.25) is 14.4 Å². The quantitative estimate of drug-likeness (QED) is 0.769. The first-order chi connectivity index (χ1) is 13.6. The molecule has 6 rings (SSSR count). The largest absolute Gasteiger partial charge is 0.497 e. The molecule has 2 aromatic rings. The third kappa shape index (κ3) is 2.06. The number of fused-ring (bicyclic) bond motifs is 1. The molecule has 0 N–H and O–H groups in total. The van der Waals surface area contributed by atoms with Gasteiger partial charge in [0, 0.05) is 18.4 Å². The van der Waals surface area contributed by atoms with Crippen LogP contribution in [0.2, 0.25) is 0 Å². The molecule has 1 saturated carbocycles. The first kappa shape index (κ1) is 17.0. The summed E-state index contributed by atoms with van der Waals surface area (Å²) in [6.45, 7) is 0. The van der Waals surface area contributed by atoms with E-state index >= 15 is 0 Å². The summed E-state index contributed by atoms with van der Waals surface area (Å²) in [5, 5.41) is 0. The Morgan fingerprint density at radius 3 is 2.32 bits per heavy atom. The Morgan fingerprint density at radius 1 is 0.893 bits per heavy atom. The summed E-state index contributed by atoms with van der Waals surface area (Å²) in [5.41, 5.74) is 2.28. The normalized spacial score (nSPS) is 27.6. The van der Waals surface area contributed by atoms with Gasteiger partial charge in [-0.25, -0.2) is 4.90 Å². The topological polar surface area (TPSA) is 72.9 Å². The highest BCUT2D eigenvalue weighted by atomic mass is 16.5. The monoisotopic (exact) mass is 377 g/mol. The van der Waals surface area contributed by atoms with Crippen LogP contribution in [0.4, 0.5) is 5.69 Å². The number of Topliss-reactive ketones (excluding diaryl/α,β-unsaturated/α-hetero) is 1. The molecule has 1 saturated heterocycles. The molecule has 28 heavy (non-hydrogen) atoms. The van der Waals surface area contributed by atoms with E-state index in [1.54, 1.807) is 18.2 Å². The van der Waals surface area contributed by atoms with Gasteiger partial charge in [0.15, 0.2) is 0 Å². The number of imide groups is 1. The molecular formula is C22H19NO5. The third-order valence-corrected chi connectivity index (χ3v) is 6.32. The van der Waals surface area contributed by atoms with Crippen LogP contribution < -0.4 is 14.4 Å². The van der Waals surface area contributed by atoms with Gasteiger partial charge >= 0.3 is 0 Å². The van der Waals surface area contributed by atoms with Crippen LogP contribution in [0.1, 0.15) is 29.4 Å². The lowest BCUT2D eigenvalue weighted by Crippen LogP contribution is -2.44. The third-order valence-electron chi connectivity index (χ3n) is 6.32. The van der Waals surface area contributed by atoms with Crippen LogP contribution in [0.3, 0.4) is 0 Å². The maximum atomic E-state index is 13.4. The predicted molar refractivity (Wildman–Crippen MR) is 101 cm³/mol. The first-order valence-corrected chi connectivity index (χ1v) is 9.28. The van der Waals surface area contributed by atoms with Crippen LogP contribution >= 0.6 is 0 Å². The van der Waals surface area contributed by atoms with Gasteiger partial charge < -0.3 is 9.47 Å². The Labute approximate surface area is 162 Å². The predicted octanol–water partition coefficient (Wildman–Crippen LogP) is 2.66. The smallest absolute Gasteiger partial charge is 0.238 e. The van der Waals surface area contributed by atoms with Gasteiger partial charge in [-0.15, -0.1) is 0 Å². The van der Waals surface area contributed by atoms with Crippen molar-refractivity contribution < 1.29 is 23.9 Å². The van der Waals surface area contributed by atoms with Crippen LogP contribution in [0.5, 0.6) is 11.5 Å². The molecule has 0 spiro atoms. The SMILES string of the molecule is COc1ccc(OC)c(N2C(=O)[C@@H]3[C@@H](C2=O)[C@H]2C(=O)C[C@@H]3c3ccccc32)c1. The summed E-state index contributed by atoms with van der Waals surface area (Å²) >= 11 is 0. The second-order valence-corrected chi connectivity index (χ2v) is 7.48. The molecule has 2 fully saturated rings. The molecule has 4 atom stereocenters. The molecule has 0 aromatic heterocycles. The second kappa shape index (κ2) is 5.92. The lowest BCUT2D eigenvalue weighted by Gasteiger charge is -2.43. The van der Waals surface area contributed by atoms with E-state index in [-0.39, 0.29) is 23.5 Å². The summed E-state index contributed by atoms with van der Waals surface area (Å²) < 4.78 is 10.7. The maximum Gasteiger partial charge on any atom is 0.238 e. The van der Waals surface area contributed by atoms with Gasteiger partial charge in [0.25, 0.3) is 0 Å². The van der Waals surface area contributed by atoms with Crippen LogP contribution in [0, 0.1) is 11.8 Å². The number of carbonyl (C=O) groups excluding carboxylic acids is 3. The van der Waals surface area contributed by atoms with Crippen molar-refractivity contribution in [2.75, 3.05) is 19.1 Å². The van der Waals surface area contributed by atoms with E-state index in [9.17, 15) is 14.4 Å². The van der Waals surface area contributed by atoms with E-state index in [2.05, 4.69) is 0 Å². The number of ether oxygens (including phenoxy) is 2. The van der Waals surface area contributed by atoms with Crippen LogP contribution in [0.25, 0.3) is 0 Å². The number of carbonyl (C=O) groups is 3. The van der Waals surface area contributed by atoms with Gasteiger partial charge in [-0.2, -0.15) is 0 Å². The highest BCUT2D eigenvalue weighted by Gasteiger charge is 2.63. The molecule has 1 heterocycles. The maximum absolute atomic E-state index is 13.4. The molecule has 1 aliphatic heterocycles. The number of methoxy groups -OCH3 is 2. The van der Waals surface area contributed by atoms with Gasteiger partial charge in [0.05, 0.1) is 37.7 Å². The van der Waals surface area contributed by atoms with Crippen molar-refractivity contribution in [3.05, 3.63) is 53.6 Å². The van der Waals surface area contributed by atoms with Crippen LogP contribution in [0.15, 0.2) is 42.5 Å². The zero-order chi connectivity index (χ0) is 19.6. The summed E-state index contributed by atoms with van der Waals surface area (Å²) in [6.07, 6.45) is 0.310. The van der Waals surface area contributed by atoms with Crippen molar-refractivity contribution in [1.82, 2.24) is 0 Å². The van der Waals surface area contributed by atoms with Crippen molar-refractivity contribution in [1.29, 1.82) is 0 Å². The highest BCUT2D eigenvalue weighted by molar-refractivity contribution is 6.25. The van der Waals surface area contributed by atoms with Crippen molar-refractivity contribution >= 4 is 23.3 Å². The number of nitrogens with zero attached hydrogens (tertiary/aromatic N) is 1. The van der Waals surface area contributed by atoms with E-state index < -0.39 is 17.8 Å². The molecule has 6 nitrogen and oxygen atoms in total. The minimum Gasteiger partial charge on any atom is -0.497 e. The average Bonchev–Trinajstić information content (AvgIpc) is 2.99. The Morgan fingerprint density at radius 2 is 1.61 bits per heavy atom. The van der Waals surface area contributed by atoms with Crippen molar-refractivity contribution in [2.24, 2.45) is 11.8 Å². The summed E-state index contributed by atoms with van der Waals surface area (Å²) in [5.74, 6) is -1.58. The average molecular weight is 377 g/mol. The summed E-state index contributed by atoms with van der Waals surface area (Å²) in [6, 6.07) is 12.7. The number of anilines is 1. The fourth-order valence-electron chi connectivity index (χ4n) is 5.17. The lowest BCUT2D eigenvalue weighted by atomic mass is 9.56. The molecule has 2 aromatic carbocycles. The Kier molecular flexibility index (Phi) is 3.59. The van der Waals surface area contributed by atoms with E-state index in [0.29, 0.717) is 23.6 Å². The van der Waals surface area contributed by atoms with Gasteiger partial charge in [0.2, 0.25) is 11.8 Å². The molecule has 4 aliphatic rings. The van der Waals surface area contributed by atoms with Crippen molar-refractivity contribution in [3.63, 3.8) is 0 Å². The van der Waals surface area contributed by atoms with Gasteiger partial charge in [0.1, 0.15) is 17.3 Å². The fourth-order valence-corrected chi connectivity index (χ4v) is 5.17. The second-order valence-electron chi connectivity index (χ2n) is 7.48. The number of hydrogen-bond acceptors (Lipinski definition) is 5. The number of rotatable bonds is 3. The molecule has 142 valence electrons. The molecule has 2 bridgehead atoms. The number of ketones is 1. The molecule has 6 heteroatoms. The number of benzene rings is 2. The Balaban J connectivity index is 1.65. The summed E-state index contributed by atoms with van der Waals surface area (Å²) in [7, 11) is 3.01. The zero-order valence-electron chi connectivity index (χ0n) is 15.5. The molecule has 0 radical (unpaired) electrons. The van der Waals surface area contributed by atoms with Crippen molar-refractivity contribution in [3.8, 4) is 11.5 Å². The van der Waals surface area contributed by atoms with E-state index in [1.807, 2.05) is 24.3 Å². The van der Waals surface area contributed by atoms with Crippen molar-refractivity contribution in [2.45, 2.75) is 18.3 Å². The lowest BCUT2D eigenvalue weighted by molar-refractivity contribution is -0.134. The minimum atomic E-state index is -0.649. The van der Waals surface area contributed by atoms with Crippen LogP contribution in [-0.2, 0) is 14.4 Å². The van der Waals surface area contributed by atoms with Gasteiger partial charge in [-0.05, 0) is 23.3 Å². The Bertz CT molecular complexity index is 1030. The van der Waals surface area contributed by atoms with E-state index in [4.69, 9.17) is 9.47 Å². The van der Waals surface area contributed by atoms with E-state index in [0.717, 1.165) is 11.1 Å². The first-order valence-electron chi connectivity index (χ1n) is 9.28. The number of hydrogen-bond donors (Lipinski definition) is 0. The standard InChI is InChI=1S/C22H19NO5/c1-27-11-7-8-17(28-2)15(9-11)23-21(25)19-14-10-16(24)18(20(19)22(23)26)13-6-4-3-5-12(13)14/h3-9,14,18-20H,10H2,1-2H3/t14-,18-,19+,20+/m1/s1. The fraction of sp³-hybridized carbons (Fsp3) is 0.318. The van der Waals surface area contributed by atoms with Crippen LogP contribution in [-0.4, -0.2) is 31.8 Å². The molecular weight excluding hydrogens is 358 g/mol. The summed E-state index contributed by atoms with van der Waals surface area (Å²) in [4.78, 5) is 40.8. The highest BCUT2D eigenvalue weighted by Crippen LogP contribution is 2.58. The molecule has 3 aliphatic carbocycles. The van der Waals surface area contributed by atoms with Gasteiger partial charge in [-0.1, -0.05) is 24.3 Å². The minimum absolute atomic E-state index is 0.0468. The number of amides is 2. The molecule has 0 unspecified atom stereocenters.